The average Bonchev–Trinajstić information content (AvgIpc) is 2.02. The predicted octanol–water partition coefficient (Wildman–Crippen LogP) is 1.90. The number of hydrogen-bond donors (Lipinski definition) is 1. The van der Waals surface area contributed by atoms with Gasteiger partial charge in [-0.05, 0) is 20.3 Å². The number of ether oxygens (including phenoxy) is 1. The van der Waals surface area contributed by atoms with Gasteiger partial charge in [-0.2, -0.15) is 5.06 Å². The summed E-state index contributed by atoms with van der Waals surface area (Å²) in [6.07, 6.45) is 1.12. The van der Waals surface area contributed by atoms with Crippen molar-refractivity contribution in [2.45, 2.75) is 45.8 Å². The highest BCUT2D eigenvalue weighted by Gasteiger charge is 2.50. The van der Waals surface area contributed by atoms with E-state index in [9.17, 15) is 5.21 Å². The molecule has 1 aliphatic heterocycles. The zero-order valence-electron chi connectivity index (χ0n) is 9.29. The Hall–Kier alpha value is -0.120. The van der Waals surface area contributed by atoms with Gasteiger partial charge < -0.3 is 9.94 Å². The summed E-state index contributed by atoms with van der Waals surface area (Å²) in [7, 11) is 1.75. The van der Waals surface area contributed by atoms with Crippen LogP contribution in [0, 0.1) is 5.41 Å². The lowest BCUT2D eigenvalue weighted by Crippen LogP contribution is -2.62. The van der Waals surface area contributed by atoms with Crippen molar-refractivity contribution in [2.24, 2.45) is 5.41 Å². The van der Waals surface area contributed by atoms with Gasteiger partial charge in [-0.25, -0.2) is 0 Å². The number of nitrogens with zero attached hydrogens (tertiary/aromatic N) is 1. The fourth-order valence-electron chi connectivity index (χ4n) is 2.02. The van der Waals surface area contributed by atoms with Crippen molar-refractivity contribution in [2.75, 3.05) is 13.7 Å². The predicted molar refractivity (Wildman–Crippen MR) is 51.8 cm³/mol. The standard InChI is InChI=1S/C10H21NO2/c1-9(2)8(13-5)6-7-11(12)10(9,3)4/h8,12H,6-7H2,1-5H3. The van der Waals surface area contributed by atoms with Crippen molar-refractivity contribution in [1.29, 1.82) is 0 Å². The molecule has 0 amide bonds. The molecule has 0 aliphatic carbocycles. The van der Waals surface area contributed by atoms with Crippen LogP contribution < -0.4 is 0 Å². The Morgan fingerprint density at radius 3 is 2.31 bits per heavy atom. The minimum Gasteiger partial charge on any atom is -0.381 e. The second kappa shape index (κ2) is 3.23. The first-order chi connectivity index (χ1) is 5.84. The fourth-order valence-corrected chi connectivity index (χ4v) is 2.02. The van der Waals surface area contributed by atoms with Gasteiger partial charge in [-0.15, -0.1) is 0 Å². The monoisotopic (exact) mass is 187 g/mol. The summed E-state index contributed by atoms with van der Waals surface area (Å²) in [5.41, 5.74) is -0.263. The first-order valence-electron chi connectivity index (χ1n) is 4.83. The lowest BCUT2D eigenvalue weighted by molar-refractivity contribution is -0.249. The van der Waals surface area contributed by atoms with Gasteiger partial charge in [0.05, 0.1) is 6.10 Å². The summed E-state index contributed by atoms with van der Waals surface area (Å²) in [6, 6.07) is 0. The van der Waals surface area contributed by atoms with E-state index in [-0.39, 0.29) is 17.1 Å². The minimum absolute atomic E-state index is 0.0330. The van der Waals surface area contributed by atoms with Crippen LogP contribution >= 0.6 is 0 Å². The number of hydroxylamine groups is 2. The molecule has 1 rings (SSSR count). The van der Waals surface area contributed by atoms with Crippen molar-refractivity contribution in [1.82, 2.24) is 5.06 Å². The van der Waals surface area contributed by atoms with E-state index in [0.717, 1.165) is 6.42 Å². The molecule has 1 saturated heterocycles. The maximum absolute atomic E-state index is 9.76. The van der Waals surface area contributed by atoms with E-state index in [0.29, 0.717) is 6.54 Å². The fraction of sp³-hybridized carbons (Fsp3) is 1.00. The largest absolute Gasteiger partial charge is 0.381 e. The maximum Gasteiger partial charge on any atom is 0.0653 e. The van der Waals surface area contributed by atoms with Gasteiger partial charge in [-0.1, -0.05) is 13.8 Å². The Balaban J connectivity index is 2.92. The molecule has 78 valence electrons. The van der Waals surface area contributed by atoms with E-state index in [1.807, 2.05) is 0 Å². The zero-order chi connectivity index (χ0) is 10.3. The molecule has 0 spiro atoms. The molecule has 0 saturated carbocycles. The molecule has 3 nitrogen and oxygen atoms in total. The summed E-state index contributed by atoms with van der Waals surface area (Å²) in [5, 5.41) is 11.2. The second-order valence-electron chi connectivity index (χ2n) is 4.92. The highest BCUT2D eigenvalue weighted by atomic mass is 16.5. The third-order valence-corrected chi connectivity index (χ3v) is 3.91. The molecule has 0 aromatic heterocycles. The molecule has 1 fully saturated rings. The van der Waals surface area contributed by atoms with Gasteiger partial charge in [0, 0.05) is 24.6 Å². The van der Waals surface area contributed by atoms with Gasteiger partial charge in [-0.3, -0.25) is 0 Å². The summed E-state index contributed by atoms with van der Waals surface area (Å²) in [5.74, 6) is 0. The van der Waals surface area contributed by atoms with Crippen molar-refractivity contribution in [3.05, 3.63) is 0 Å². The molecular weight excluding hydrogens is 166 g/mol. The number of piperidine rings is 1. The van der Waals surface area contributed by atoms with Crippen molar-refractivity contribution in [3.8, 4) is 0 Å². The SMILES string of the molecule is COC1CCN(O)C(C)(C)C1(C)C. The van der Waals surface area contributed by atoms with Crippen LogP contribution in [-0.2, 0) is 4.74 Å². The first kappa shape index (κ1) is 11.0. The van der Waals surface area contributed by atoms with Crippen LogP contribution in [0.1, 0.15) is 34.1 Å². The Bertz CT molecular complexity index is 189. The topological polar surface area (TPSA) is 32.7 Å². The molecule has 1 N–H and O–H groups in total. The van der Waals surface area contributed by atoms with E-state index >= 15 is 0 Å². The van der Waals surface area contributed by atoms with Crippen LogP contribution in [0.2, 0.25) is 0 Å². The van der Waals surface area contributed by atoms with E-state index in [2.05, 4.69) is 27.7 Å². The van der Waals surface area contributed by atoms with Crippen LogP contribution in [0.3, 0.4) is 0 Å². The molecule has 0 aromatic rings. The molecule has 3 heteroatoms. The quantitative estimate of drug-likeness (QED) is 0.680. The number of methoxy groups -OCH3 is 1. The smallest absolute Gasteiger partial charge is 0.0653 e. The lowest BCUT2D eigenvalue weighted by Gasteiger charge is -2.53. The Morgan fingerprint density at radius 2 is 1.85 bits per heavy atom. The molecule has 0 aromatic carbocycles. The average molecular weight is 187 g/mol. The molecule has 1 unspecified atom stereocenters. The zero-order valence-corrected chi connectivity index (χ0v) is 9.29. The Kier molecular flexibility index (Phi) is 2.72. The van der Waals surface area contributed by atoms with Crippen LogP contribution in [0.5, 0.6) is 0 Å². The van der Waals surface area contributed by atoms with E-state index in [4.69, 9.17) is 4.74 Å². The summed E-state index contributed by atoms with van der Waals surface area (Å²) in [4.78, 5) is 0. The second-order valence-corrected chi connectivity index (χ2v) is 4.92. The minimum atomic E-state index is -0.230. The highest BCUT2D eigenvalue weighted by Crippen LogP contribution is 2.43. The third kappa shape index (κ3) is 1.49. The van der Waals surface area contributed by atoms with Crippen LogP contribution in [0.15, 0.2) is 0 Å². The van der Waals surface area contributed by atoms with Crippen LogP contribution in [0.4, 0.5) is 0 Å². The Labute approximate surface area is 80.6 Å². The van der Waals surface area contributed by atoms with Gasteiger partial charge in [0.25, 0.3) is 0 Å². The lowest BCUT2D eigenvalue weighted by atomic mass is 9.67. The third-order valence-electron chi connectivity index (χ3n) is 3.91. The molecule has 0 radical (unpaired) electrons. The van der Waals surface area contributed by atoms with Crippen molar-refractivity contribution >= 4 is 0 Å². The Morgan fingerprint density at radius 1 is 1.31 bits per heavy atom. The maximum atomic E-state index is 9.76. The number of hydrogen-bond acceptors (Lipinski definition) is 3. The summed E-state index contributed by atoms with van der Waals surface area (Å²) < 4.78 is 5.45. The van der Waals surface area contributed by atoms with Crippen molar-refractivity contribution in [3.63, 3.8) is 0 Å². The van der Waals surface area contributed by atoms with E-state index in [1.165, 1.54) is 5.06 Å². The van der Waals surface area contributed by atoms with E-state index < -0.39 is 0 Å². The van der Waals surface area contributed by atoms with Gasteiger partial charge in [0.2, 0.25) is 0 Å². The molecule has 1 atom stereocenters. The normalized spacial score (nSPS) is 33.2. The van der Waals surface area contributed by atoms with Crippen LogP contribution in [-0.4, -0.2) is 35.6 Å². The van der Waals surface area contributed by atoms with Crippen LogP contribution in [0.25, 0.3) is 0 Å². The summed E-state index contributed by atoms with van der Waals surface area (Å²) >= 11 is 0. The molecule has 13 heavy (non-hydrogen) atoms. The van der Waals surface area contributed by atoms with Gasteiger partial charge >= 0.3 is 0 Å². The summed E-state index contributed by atoms with van der Waals surface area (Å²) in [6.45, 7) is 9.08. The first-order valence-corrected chi connectivity index (χ1v) is 4.83. The molecule has 1 aliphatic rings. The molecular formula is C10H21NO2. The van der Waals surface area contributed by atoms with Gasteiger partial charge in [0.15, 0.2) is 0 Å². The molecule has 0 bridgehead atoms. The number of rotatable bonds is 1. The van der Waals surface area contributed by atoms with Crippen molar-refractivity contribution < 1.29 is 9.94 Å². The highest BCUT2D eigenvalue weighted by molar-refractivity contribution is 5.00. The van der Waals surface area contributed by atoms with E-state index in [1.54, 1.807) is 7.11 Å². The molecule has 1 heterocycles. The van der Waals surface area contributed by atoms with Gasteiger partial charge in [0.1, 0.15) is 0 Å².